The zero-order valence-corrected chi connectivity index (χ0v) is 7.20. The van der Waals surface area contributed by atoms with Gasteiger partial charge in [0.2, 0.25) is 5.92 Å². The lowest BCUT2D eigenvalue weighted by Gasteiger charge is -2.24. The minimum absolute atomic E-state index is 0.0978. The maximum Gasteiger partial charge on any atom is 0.248 e. The largest absolute Gasteiger partial charge is 0.248 e. The van der Waals surface area contributed by atoms with Crippen LogP contribution >= 0.6 is 22.6 Å². The summed E-state index contributed by atoms with van der Waals surface area (Å²) in [5.74, 6) is -2.35. The van der Waals surface area contributed by atoms with Crippen molar-refractivity contribution in [2.45, 2.75) is 35.5 Å². The van der Waals surface area contributed by atoms with Crippen LogP contribution in [0.2, 0.25) is 0 Å². The molecule has 1 fully saturated rings. The van der Waals surface area contributed by atoms with Crippen LogP contribution in [-0.4, -0.2) is 9.85 Å². The van der Waals surface area contributed by atoms with E-state index in [4.69, 9.17) is 0 Å². The Morgan fingerprint density at radius 1 is 1.22 bits per heavy atom. The van der Waals surface area contributed by atoms with Gasteiger partial charge < -0.3 is 0 Å². The maximum absolute atomic E-state index is 12.4. The summed E-state index contributed by atoms with van der Waals surface area (Å²) in [5, 5.41) is 0. The van der Waals surface area contributed by atoms with Crippen LogP contribution in [0.4, 0.5) is 8.78 Å². The summed E-state index contributed by atoms with van der Waals surface area (Å²) in [5.41, 5.74) is 0. The Morgan fingerprint density at radius 2 is 1.67 bits per heavy atom. The summed E-state index contributed by atoms with van der Waals surface area (Å²) in [7, 11) is 0. The van der Waals surface area contributed by atoms with Crippen molar-refractivity contribution >= 4 is 22.6 Å². The summed E-state index contributed by atoms with van der Waals surface area (Å²) in [6.07, 6.45) is 1.57. The van der Waals surface area contributed by atoms with Crippen LogP contribution < -0.4 is 0 Å². The fourth-order valence-corrected chi connectivity index (χ4v) is 1.63. The van der Waals surface area contributed by atoms with Crippen LogP contribution in [0.15, 0.2) is 0 Å². The minimum atomic E-state index is -2.35. The number of hydrogen-bond acceptors (Lipinski definition) is 0. The molecule has 1 aliphatic carbocycles. The quantitative estimate of drug-likeness (QED) is 0.455. The Bertz CT molecular complexity index is 93.2. The number of rotatable bonds is 0. The van der Waals surface area contributed by atoms with E-state index in [9.17, 15) is 8.78 Å². The van der Waals surface area contributed by atoms with Crippen molar-refractivity contribution in [1.82, 2.24) is 0 Å². The summed E-state index contributed by atoms with van der Waals surface area (Å²) >= 11 is 2.24. The molecule has 9 heavy (non-hydrogen) atoms. The molecule has 0 radical (unpaired) electrons. The van der Waals surface area contributed by atoms with Gasteiger partial charge in [0.05, 0.1) is 0 Å². The van der Waals surface area contributed by atoms with E-state index in [1.165, 1.54) is 0 Å². The van der Waals surface area contributed by atoms with E-state index in [1.807, 2.05) is 0 Å². The second-order valence-electron chi connectivity index (χ2n) is 2.53. The van der Waals surface area contributed by atoms with Gasteiger partial charge in [-0.25, -0.2) is 8.78 Å². The molecular weight excluding hydrogens is 237 g/mol. The lowest BCUT2D eigenvalue weighted by Crippen LogP contribution is -2.24. The first-order chi connectivity index (χ1) is 4.10. The molecule has 1 rings (SSSR count). The Morgan fingerprint density at radius 3 is 2.00 bits per heavy atom. The Balaban J connectivity index is 2.35. The second kappa shape index (κ2) is 2.68. The van der Waals surface area contributed by atoms with Gasteiger partial charge in [-0.3, -0.25) is 0 Å². The lowest BCUT2D eigenvalue weighted by molar-refractivity contribution is -0.0314. The van der Waals surface area contributed by atoms with Gasteiger partial charge in [0.15, 0.2) is 0 Å². The van der Waals surface area contributed by atoms with Crippen molar-refractivity contribution in [3.8, 4) is 0 Å². The van der Waals surface area contributed by atoms with Gasteiger partial charge in [-0.1, -0.05) is 22.6 Å². The van der Waals surface area contributed by atoms with Gasteiger partial charge >= 0.3 is 0 Å². The molecule has 0 aromatic carbocycles. The zero-order valence-electron chi connectivity index (χ0n) is 5.04. The highest BCUT2D eigenvalue weighted by atomic mass is 127. The molecule has 0 unspecified atom stereocenters. The SMILES string of the molecule is FC1(F)CCC(I)CC1. The first-order valence-corrected chi connectivity index (χ1v) is 4.37. The molecule has 54 valence electrons. The van der Waals surface area contributed by atoms with Gasteiger partial charge in [-0.2, -0.15) is 0 Å². The van der Waals surface area contributed by atoms with Crippen LogP contribution in [0.25, 0.3) is 0 Å². The first kappa shape index (κ1) is 7.69. The van der Waals surface area contributed by atoms with Gasteiger partial charge in [0.1, 0.15) is 0 Å². The highest BCUT2D eigenvalue weighted by Crippen LogP contribution is 2.35. The Labute approximate surface area is 67.2 Å². The third-order valence-electron chi connectivity index (χ3n) is 1.65. The van der Waals surface area contributed by atoms with Crippen molar-refractivity contribution in [3.63, 3.8) is 0 Å². The smallest absolute Gasteiger partial charge is 0.207 e. The number of halogens is 3. The first-order valence-electron chi connectivity index (χ1n) is 3.12. The highest BCUT2D eigenvalue weighted by Gasteiger charge is 2.33. The van der Waals surface area contributed by atoms with Crippen molar-refractivity contribution in [1.29, 1.82) is 0 Å². The monoisotopic (exact) mass is 246 g/mol. The predicted molar refractivity (Wildman–Crippen MR) is 41.2 cm³/mol. The molecular formula is C6H9F2I. The summed E-state index contributed by atoms with van der Waals surface area (Å²) in [6, 6.07) is 0. The van der Waals surface area contributed by atoms with Gasteiger partial charge in [0, 0.05) is 16.8 Å². The molecule has 0 amide bonds. The summed E-state index contributed by atoms with van der Waals surface area (Å²) in [6.45, 7) is 0. The Hall–Kier alpha value is 0.590. The molecule has 0 bridgehead atoms. The molecule has 0 aromatic heterocycles. The van der Waals surface area contributed by atoms with Crippen molar-refractivity contribution in [3.05, 3.63) is 0 Å². The van der Waals surface area contributed by atoms with Gasteiger partial charge in [-0.05, 0) is 12.8 Å². The van der Waals surface area contributed by atoms with Crippen LogP contribution in [0.3, 0.4) is 0 Å². The van der Waals surface area contributed by atoms with Crippen molar-refractivity contribution in [2.75, 3.05) is 0 Å². The molecule has 0 N–H and O–H groups in total. The van der Waals surface area contributed by atoms with E-state index in [0.29, 0.717) is 16.8 Å². The average Bonchev–Trinajstić information content (AvgIpc) is 1.78. The normalized spacial score (nSPS) is 28.3. The van der Waals surface area contributed by atoms with Crippen LogP contribution in [0, 0.1) is 0 Å². The molecule has 1 aliphatic rings. The zero-order chi connectivity index (χ0) is 6.91. The molecule has 0 nitrogen and oxygen atoms in total. The van der Waals surface area contributed by atoms with Crippen LogP contribution in [0.1, 0.15) is 25.7 Å². The van der Waals surface area contributed by atoms with Crippen LogP contribution in [0.5, 0.6) is 0 Å². The number of hydrogen-bond donors (Lipinski definition) is 0. The van der Waals surface area contributed by atoms with E-state index in [0.717, 1.165) is 0 Å². The molecule has 0 saturated heterocycles. The molecule has 3 heteroatoms. The van der Waals surface area contributed by atoms with Crippen molar-refractivity contribution < 1.29 is 8.78 Å². The standard InChI is InChI=1S/C6H9F2I/c7-6(8)3-1-5(9)2-4-6/h5H,1-4H2. The molecule has 0 atom stereocenters. The topological polar surface area (TPSA) is 0 Å². The average molecular weight is 246 g/mol. The maximum atomic E-state index is 12.4. The van der Waals surface area contributed by atoms with E-state index < -0.39 is 5.92 Å². The fraction of sp³-hybridized carbons (Fsp3) is 1.00. The third-order valence-corrected chi connectivity index (χ3v) is 2.89. The Kier molecular flexibility index (Phi) is 2.29. The number of alkyl halides is 3. The second-order valence-corrected chi connectivity index (χ2v) is 4.29. The molecule has 0 aromatic rings. The van der Waals surface area contributed by atoms with Gasteiger partial charge in [-0.15, -0.1) is 0 Å². The molecule has 0 heterocycles. The lowest BCUT2D eigenvalue weighted by atomic mass is 9.97. The van der Waals surface area contributed by atoms with E-state index in [1.54, 1.807) is 0 Å². The highest BCUT2D eigenvalue weighted by molar-refractivity contribution is 14.1. The summed E-state index contributed by atoms with van der Waals surface area (Å²) < 4.78 is 25.2. The fourth-order valence-electron chi connectivity index (χ4n) is 1.00. The third kappa shape index (κ3) is 2.35. The van der Waals surface area contributed by atoms with E-state index in [2.05, 4.69) is 22.6 Å². The van der Waals surface area contributed by atoms with Crippen LogP contribution in [-0.2, 0) is 0 Å². The van der Waals surface area contributed by atoms with Crippen molar-refractivity contribution in [2.24, 2.45) is 0 Å². The molecule has 0 spiro atoms. The summed E-state index contributed by atoms with van der Waals surface area (Å²) in [4.78, 5) is 0. The molecule has 0 aliphatic heterocycles. The van der Waals surface area contributed by atoms with E-state index in [-0.39, 0.29) is 12.8 Å². The minimum Gasteiger partial charge on any atom is -0.207 e. The van der Waals surface area contributed by atoms with Gasteiger partial charge in [0.25, 0.3) is 0 Å². The predicted octanol–water partition coefficient (Wildman–Crippen LogP) is 3.00. The van der Waals surface area contributed by atoms with E-state index >= 15 is 0 Å². The molecule has 1 saturated carbocycles.